The predicted octanol–water partition coefficient (Wildman–Crippen LogP) is 4.82. The monoisotopic (exact) mass is 448 g/mol. The summed E-state index contributed by atoms with van der Waals surface area (Å²) in [6.45, 7) is 0. The number of aromatic amines is 1. The lowest BCUT2D eigenvalue weighted by atomic mass is 10.0. The average molecular weight is 449 g/mol. The molecule has 0 fully saturated rings. The molecule has 0 radical (unpaired) electrons. The van der Waals surface area contributed by atoms with Crippen LogP contribution in [-0.2, 0) is 21.1 Å². The fourth-order valence-corrected chi connectivity index (χ4v) is 4.40. The molecule has 0 aliphatic rings. The number of hydrogen-bond acceptors (Lipinski definition) is 4. The van der Waals surface area contributed by atoms with Gasteiger partial charge in [0.1, 0.15) is 5.75 Å². The van der Waals surface area contributed by atoms with E-state index in [1.165, 1.54) is 12.1 Å². The molecule has 0 saturated carbocycles. The minimum atomic E-state index is -3.34. The van der Waals surface area contributed by atoms with Gasteiger partial charge in [-0.15, -0.1) is 0 Å². The van der Waals surface area contributed by atoms with E-state index in [4.69, 9.17) is 4.74 Å². The number of sulfone groups is 1. The van der Waals surface area contributed by atoms with Gasteiger partial charge in [0.05, 0.1) is 12.0 Å². The highest BCUT2D eigenvalue weighted by Gasteiger charge is 2.15. The zero-order valence-electron chi connectivity index (χ0n) is 17.9. The number of hydrogen-bond donors (Lipinski definition) is 2. The van der Waals surface area contributed by atoms with Gasteiger partial charge in [-0.25, -0.2) is 8.42 Å². The Labute approximate surface area is 187 Å². The lowest BCUT2D eigenvalue weighted by molar-refractivity contribution is -0.116. The maximum Gasteiger partial charge on any atom is 0.224 e. The zero-order valence-corrected chi connectivity index (χ0v) is 18.7. The van der Waals surface area contributed by atoms with Crippen molar-refractivity contribution in [3.8, 4) is 17.0 Å². The first kappa shape index (κ1) is 21.6. The minimum absolute atomic E-state index is 0.175. The number of aryl methyl sites for hydroxylation is 1. The van der Waals surface area contributed by atoms with Crippen LogP contribution in [0.2, 0.25) is 0 Å². The molecular formula is C25H24N2O4S. The van der Waals surface area contributed by atoms with Crippen LogP contribution >= 0.6 is 0 Å². The highest BCUT2D eigenvalue weighted by atomic mass is 32.2. The number of carbonyl (C=O) groups is 1. The third kappa shape index (κ3) is 4.68. The second kappa shape index (κ2) is 8.88. The summed E-state index contributed by atoms with van der Waals surface area (Å²) in [6.07, 6.45) is 1.93. The quantitative estimate of drug-likeness (QED) is 0.424. The summed E-state index contributed by atoms with van der Waals surface area (Å²) >= 11 is 0. The molecule has 32 heavy (non-hydrogen) atoms. The summed E-state index contributed by atoms with van der Waals surface area (Å²) in [7, 11) is -1.71. The second-order valence-electron chi connectivity index (χ2n) is 7.60. The van der Waals surface area contributed by atoms with E-state index in [2.05, 4.69) is 10.3 Å². The molecule has 0 aliphatic heterocycles. The summed E-state index contributed by atoms with van der Waals surface area (Å²) in [5.41, 5.74) is 4.52. The Balaban J connectivity index is 1.57. The van der Waals surface area contributed by atoms with E-state index in [0.717, 1.165) is 39.7 Å². The number of ether oxygens (including phenoxy) is 1. The largest absolute Gasteiger partial charge is 0.497 e. The fourth-order valence-electron chi connectivity index (χ4n) is 3.73. The third-order valence-corrected chi connectivity index (χ3v) is 6.45. The van der Waals surface area contributed by atoms with Crippen molar-refractivity contribution in [2.45, 2.75) is 17.7 Å². The van der Waals surface area contributed by atoms with Crippen LogP contribution in [0.1, 0.15) is 12.0 Å². The molecular weight excluding hydrogens is 424 g/mol. The predicted molar refractivity (Wildman–Crippen MR) is 127 cm³/mol. The second-order valence-corrected chi connectivity index (χ2v) is 9.62. The molecule has 7 heteroatoms. The molecule has 1 amide bonds. The van der Waals surface area contributed by atoms with Gasteiger partial charge >= 0.3 is 0 Å². The van der Waals surface area contributed by atoms with E-state index in [0.29, 0.717) is 12.1 Å². The normalized spacial score (nSPS) is 11.4. The zero-order chi connectivity index (χ0) is 22.7. The number of para-hydroxylation sites is 1. The van der Waals surface area contributed by atoms with E-state index >= 15 is 0 Å². The van der Waals surface area contributed by atoms with Crippen LogP contribution in [0, 0.1) is 0 Å². The van der Waals surface area contributed by atoms with Crippen LogP contribution in [0.15, 0.2) is 77.7 Å². The van der Waals surface area contributed by atoms with Crippen molar-refractivity contribution in [3.63, 3.8) is 0 Å². The Hall–Kier alpha value is -3.58. The van der Waals surface area contributed by atoms with Crippen molar-refractivity contribution >= 4 is 32.3 Å². The number of H-pyrrole nitrogens is 1. The first-order chi connectivity index (χ1) is 15.3. The number of methoxy groups -OCH3 is 1. The molecule has 0 unspecified atom stereocenters. The van der Waals surface area contributed by atoms with Gasteiger partial charge in [0.25, 0.3) is 0 Å². The molecule has 2 N–H and O–H groups in total. The number of anilines is 1. The van der Waals surface area contributed by atoms with Crippen molar-refractivity contribution in [3.05, 3.63) is 78.4 Å². The van der Waals surface area contributed by atoms with Crippen LogP contribution in [0.3, 0.4) is 0 Å². The standard InChI is InChI=1S/C25H24N2O4S/c1-31-19-12-10-17(11-13-19)25-22(21-8-3-4-9-23(21)27-25)14-15-24(28)26-18-6-5-7-20(16-18)32(2,29)30/h3-13,16,27H,14-15H2,1-2H3,(H,26,28). The molecule has 0 spiro atoms. The third-order valence-electron chi connectivity index (χ3n) is 5.34. The van der Waals surface area contributed by atoms with Gasteiger partial charge in [0.2, 0.25) is 5.91 Å². The maximum absolute atomic E-state index is 12.6. The molecule has 4 aromatic rings. The lowest BCUT2D eigenvalue weighted by Crippen LogP contribution is -2.13. The Morgan fingerprint density at radius 1 is 1.00 bits per heavy atom. The van der Waals surface area contributed by atoms with Gasteiger partial charge in [0, 0.05) is 35.0 Å². The number of amides is 1. The molecule has 0 saturated heterocycles. The molecule has 3 aromatic carbocycles. The Morgan fingerprint density at radius 3 is 2.47 bits per heavy atom. The summed E-state index contributed by atoms with van der Waals surface area (Å²) < 4.78 is 28.8. The molecule has 4 rings (SSSR count). The maximum atomic E-state index is 12.6. The van der Waals surface area contributed by atoms with Crippen molar-refractivity contribution in [1.82, 2.24) is 4.98 Å². The lowest BCUT2D eigenvalue weighted by Gasteiger charge is -2.09. The van der Waals surface area contributed by atoms with Crippen LogP contribution in [-0.4, -0.2) is 32.7 Å². The summed E-state index contributed by atoms with van der Waals surface area (Å²) in [5.74, 6) is 0.601. The molecule has 6 nitrogen and oxygen atoms in total. The highest BCUT2D eigenvalue weighted by Crippen LogP contribution is 2.32. The Morgan fingerprint density at radius 2 is 1.75 bits per heavy atom. The summed E-state index contributed by atoms with van der Waals surface area (Å²) in [5, 5.41) is 3.88. The van der Waals surface area contributed by atoms with Crippen LogP contribution < -0.4 is 10.1 Å². The van der Waals surface area contributed by atoms with Crippen molar-refractivity contribution in [2.24, 2.45) is 0 Å². The van der Waals surface area contributed by atoms with Crippen LogP contribution in [0.5, 0.6) is 5.75 Å². The number of benzene rings is 3. The van der Waals surface area contributed by atoms with E-state index in [1.54, 1.807) is 19.2 Å². The number of aromatic nitrogens is 1. The van der Waals surface area contributed by atoms with Crippen LogP contribution in [0.25, 0.3) is 22.2 Å². The topological polar surface area (TPSA) is 88.3 Å². The molecule has 0 atom stereocenters. The van der Waals surface area contributed by atoms with Crippen molar-refractivity contribution < 1.29 is 17.9 Å². The number of carbonyl (C=O) groups excluding carboxylic acids is 1. The Kier molecular flexibility index (Phi) is 6.01. The number of nitrogens with one attached hydrogen (secondary N) is 2. The SMILES string of the molecule is COc1ccc(-c2[nH]c3ccccc3c2CCC(=O)Nc2cccc(S(C)(=O)=O)c2)cc1. The van der Waals surface area contributed by atoms with E-state index in [-0.39, 0.29) is 17.2 Å². The molecule has 0 aliphatic carbocycles. The van der Waals surface area contributed by atoms with Crippen molar-refractivity contribution in [2.75, 3.05) is 18.7 Å². The molecule has 0 bridgehead atoms. The first-order valence-corrected chi connectivity index (χ1v) is 12.1. The smallest absolute Gasteiger partial charge is 0.224 e. The fraction of sp³-hybridized carbons (Fsp3) is 0.160. The van der Waals surface area contributed by atoms with Gasteiger partial charge in [-0.05, 0) is 66.1 Å². The van der Waals surface area contributed by atoms with Gasteiger partial charge in [-0.2, -0.15) is 0 Å². The van der Waals surface area contributed by atoms with Crippen LogP contribution in [0.4, 0.5) is 5.69 Å². The van der Waals surface area contributed by atoms with Gasteiger partial charge < -0.3 is 15.0 Å². The number of rotatable bonds is 7. The van der Waals surface area contributed by atoms with Crippen molar-refractivity contribution in [1.29, 1.82) is 0 Å². The molecule has 1 heterocycles. The van der Waals surface area contributed by atoms with Gasteiger partial charge in [0.15, 0.2) is 9.84 Å². The van der Waals surface area contributed by atoms with Gasteiger partial charge in [-0.3, -0.25) is 4.79 Å². The van der Waals surface area contributed by atoms with Gasteiger partial charge in [-0.1, -0.05) is 24.3 Å². The van der Waals surface area contributed by atoms with E-state index in [1.807, 2.05) is 48.5 Å². The Bertz CT molecular complexity index is 1370. The molecule has 164 valence electrons. The van der Waals surface area contributed by atoms with E-state index in [9.17, 15) is 13.2 Å². The molecule has 1 aromatic heterocycles. The highest BCUT2D eigenvalue weighted by molar-refractivity contribution is 7.90. The summed E-state index contributed by atoms with van der Waals surface area (Å²) in [6, 6.07) is 22.1. The first-order valence-electron chi connectivity index (χ1n) is 10.2. The summed E-state index contributed by atoms with van der Waals surface area (Å²) in [4.78, 5) is 16.3. The average Bonchev–Trinajstić information content (AvgIpc) is 3.16. The minimum Gasteiger partial charge on any atom is -0.497 e. The number of fused-ring (bicyclic) bond motifs is 1. The van der Waals surface area contributed by atoms with E-state index < -0.39 is 9.84 Å².